The van der Waals surface area contributed by atoms with E-state index in [1.165, 1.54) is 16.8 Å². The number of para-hydroxylation sites is 1. The van der Waals surface area contributed by atoms with Crippen LogP contribution >= 0.6 is 0 Å². The number of hydrogen-bond acceptors (Lipinski definition) is 5. The zero-order chi connectivity index (χ0) is 21.1. The van der Waals surface area contributed by atoms with Gasteiger partial charge < -0.3 is 10.2 Å². The van der Waals surface area contributed by atoms with Gasteiger partial charge in [-0.1, -0.05) is 30.3 Å². The molecule has 0 radical (unpaired) electrons. The topological polar surface area (TPSA) is 105 Å². The van der Waals surface area contributed by atoms with Gasteiger partial charge in [0, 0.05) is 6.08 Å². The molecule has 2 N–H and O–H groups in total. The molecule has 2 aromatic carbocycles. The molecule has 30 heavy (non-hydrogen) atoms. The monoisotopic (exact) mass is 395 g/mol. The highest BCUT2D eigenvalue weighted by molar-refractivity contribution is 5.90. The molecule has 0 aliphatic carbocycles. The van der Waals surface area contributed by atoms with Gasteiger partial charge in [-0.2, -0.15) is 15.6 Å². The molecule has 0 atom stereocenters. The van der Waals surface area contributed by atoms with Crippen molar-refractivity contribution in [2.75, 3.05) is 5.73 Å². The smallest absolute Gasteiger partial charge is 0.145 e. The van der Waals surface area contributed by atoms with Gasteiger partial charge in [0.1, 0.15) is 46.6 Å². The molecule has 0 spiro atoms. The Bertz CT molecular complexity index is 1340. The maximum absolute atomic E-state index is 14.0. The molecule has 0 aliphatic heterocycles. The van der Waals surface area contributed by atoms with Gasteiger partial charge in [0.25, 0.3) is 0 Å². The number of rotatable bonds is 4. The van der Waals surface area contributed by atoms with E-state index in [0.29, 0.717) is 22.8 Å². The molecular formula is C23H14FN5O. The Morgan fingerprint density at radius 2 is 1.77 bits per heavy atom. The van der Waals surface area contributed by atoms with Gasteiger partial charge >= 0.3 is 0 Å². The summed E-state index contributed by atoms with van der Waals surface area (Å²) >= 11 is 0. The van der Waals surface area contributed by atoms with Crippen LogP contribution in [-0.2, 0) is 0 Å². The molecule has 0 bridgehead atoms. The highest BCUT2D eigenvalue weighted by Gasteiger charge is 2.20. The van der Waals surface area contributed by atoms with Crippen molar-refractivity contribution in [1.29, 1.82) is 10.5 Å². The fourth-order valence-electron chi connectivity index (χ4n) is 3.03. The summed E-state index contributed by atoms with van der Waals surface area (Å²) < 4.78 is 21.1. The molecule has 2 aromatic heterocycles. The molecule has 0 saturated carbocycles. The number of nitrogen functional groups attached to an aromatic ring is 1. The van der Waals surface area contributed by atoms with E-state index in [9.17, 15) is 14.9 Å². The van der Waals surface area contributed by atoms with Gasteiger partial charge in [-0.15, -0.1) is 0 Å². The molecule has 0 amide bonds. The summed E-state index contributed by atoms with van der Waals surface area (Å²) in [5, 5.41) is 23.6. The van der Waals surface area contributed by atoms with Crippen LogP contribution in [0.5, 0.6) is 0 Å². The fourth-order valence-corrected chi connectivity index (χ4v) is 3.03. The summed E-state index contributed by atoms with van der Waals surface area (Å²) in [4.78, 5) is 0. The molecule has 2 heterocycles. The van der Waals surface area contributed by atoms with Crippen molar-refractivity contribution >= 4 is 17.5 Å². The van der Waals surface area contributed by atoms with Gasteiger partial charge in [-0.05, 0) is 36.4 Å². The van der Waals surface area contributed by atoms with Crippen LogP contribution in [0, 0.1) is 28.5 Å². The third-order valence-corrected chi connectivity index (χ3v) is 4.46. The number of aromatic nitrogens is 2. The summed E-state index contributed by atoms with van der Waals surface area (Å²) in [6.07, 6.45) is 1.45. The number of nitriles is 2. The summed E-state index contributed by atoms with van der Waals surface area (Å²) in [6.45, 7) is 0. The molecule has 0 unspecified atom stereocenters. The van der Waals surface area contributed by atoms with Crippen LogP contribution in [0.25, 0.3) is 28.7 Å². The summed E-state index contributed by atoms with van der Waals surface area (Å²) in [5.41, 5.74) is 7.41. The first-order valence-electron chi connectivity index (χ1n) is 8.93. The van der Waals surface area contributed by atoms with E-state index in [1.807, 2.05) is 30.3 Å². The second-order valence-corrected chi connectivity index (χ2v) is 6.32. The third-order valence-electron chi connectivity index (χ3n) is 4.46. The summed E-state index contributed by atoms with van der Waals surface area (Å²) in [5.74, 6) is 0.364. The standard InChI is InChI=1S/C23H14FN5O/c24-20-9-5-4-8-18(20)21-11-10-17(30-21)12-15(13-25)22-19(14-26)23(27)29(28-22)16-6-2-1-3-7-16/h1-12H,27H2/b15-12+. The van der Waals surface area contributed by atoms with Crippen LogP contribution in [0.3, 0.4) is 0 Å². The predicted octanol–water partition coefficient (Wildman–Crippen LogP) is 4.79. The summed E-state index contributed by atoms with van der Waals surface area (Å²) in [6, 6.07) is 22.6. The molecular weight excluding hydrogens is 381 g/mol. The predicted molar refractivity (Wildman–Crippen MR) is 110 cm³/mol. The Labute approximate surface area is 171 Å². The van der Waals surface area contributed by atoms with E-state index in [1.54, 1.807) is 42.5 Å². The largest absolute Gasteiger partial charge is 0.457 e. The molecule has 0 aliphatic rings. The van der Waals surface area contributed by atoms with Gasteiger partial charge in [0.05, 0.1) is 16.8 Å². The Hall–Kier alpha value is -4.62. The van der Waals surface area contributed by atoms with Crippen molar-refractivity contribution in [1.82, 2.24) is 9.78 Å². The molecule has 4 rings (SSSR count). The van der Waals surface area contributed by atoms with Crippen LogP contribution in [-0.4, -0.2) is 9.78 Å². The first-order valence-corrected chi connectivity index (χ1v) is 8.93. The normalized spacial score (nSPS) is 11.1. The quantitative estimate of drug-likeness (QED) is 0.500. The number of nitrogens with zero attached hydrogens (tertiary/aromatic N) is 4. The van der Waals surface area contributed by atoms with Gasteiger partial charge in [-0.25, -0.2) is 9.07 Å². The van der Waals surface area contributed by atoms with Crippen LogP contribution in [0.2, 0.25) is 0 Å². The van der Waals surface area contributed by atoms with Crippen molar-refractivity contribution in [3.05, 3.63) is 89.6 Å². The Kier molecular flexibility index (Phi) is 4.86. The average molecular weight is 395 g/mol. The van der Waals surface area contributed by atoms with E-state index in [2.05, 4.69) is 5.10 Å². The lowest BCUT2D eigenvalue weighted by atomic mass is 10.1. The number of hydrogen-bond donors (Lipinski definition) is 1. The van der Waals surface area contributed by atoms with E-state index >= 15 is 0 Å². The second-order valence-electron chi connectivity index (χ2n) is 6.32. The number of halogens is 1. The Morgan fingerprint density at radius 3 is 2.47 bits per heavy atom. The van der Waals surface area contributed by atoms with Crippen LogP contribution < -0.4 is 5.73 Å². The third kappa shape index (κ3) is 3.32. The minimum absolute atomic E-state index is 0.0903. The van der Waals surface area contributed by atoms with Crippen molar-refractivity contribution < 1.29 is 8.81 Å². The molecule has 144 valence electrons. The average Bonchev–Trinajstić information content (AvgIpc) is 3.37. The number of benzene rings is 2. The SMILES string of the molecule is N#C/C(=C\c1ccc(-c2ccccc2F)o1)c1nn(-c2ccccc2)c(N)c1C#N. The zero-order valence-corrected chi connectivity index (χ0v) is 15.6. The second kappa shape index (κ2) is 7.78. The van der Waals surface area contributed by atoms with E-state index in [0.717, 1.165) is 0 Å². The van der Waals surface area contributed by atoms with Crippen LogP contribution in [0.1, 0.15) is 17.0 Å². The number of furan rings is 1. The first-order chi connectivity index (χ1) is 14.6. The molecule has 0 fully saturated rings. The highest BCUT2D eigenvalue weighted by atomic mass is 19.1. The molecule has 4 aromatic rings. The van der Waals surface area contributed by atoms with Crippen molar-refractivity contribution in [3.8, 4) is 29.1 Å². The maximum atomic E-state index is 14.0. The number of anilines is 1. The zero-order valence-electron chi connectivity index (χ0n) is 15.6. The lowest BCUT2D eigenvalue weighted by Crippen LogP contribution is -2.02. The van der Waals surface area contributed by atoms with Crippen molar-refractivity contribution in [2.45, 2.75) is 0 Å². The molecule has 7 heteroatoms. The van der Waals surface area contributed by atoms with Crippen LogP contribution in [0.15, 0.2) is 71.1 Å². The Morgan fingerprint density at radius 1 is 1.03 bits per heavy atom. The van der Waals surface area contributed by atoms with Crippen molar-refractivity contribution in [2.24, 2.45) is 0 Å². The lowest BCUT2D eigenvalue weighted by molar-refractivity contribution is 0.561. The van der Waals surface area contributed by atoms with Gasteiger partial charge in [0.2, 0.25) is 0 Å². The molecule has 0 saturated heterocycles. The van der Waals surface area contributed by atoms with Crippen LogP contribution in [0.4, 0.5) is 10.2 Å². The number of allylic oxidation sites excluding steroid dienone is 1. The number of nitrogens with two attached hydrogens (primary N) is 1. The lowest BCUT2D eigenvalue weighted by Gasteiger charge is -2.02. The fraction of sp³-hybridized carbons (Fsp3) is 0. The Balaban J connectivity index is 1.77. The van der Waals surface area contributed by atoms with Gasteiger partial charge in [0.15, 0.2) is 0 Å². The van der Waals surface area contributed by atoms with Crippen molar-refractivity contribution in [3.63, 3.8) is 0 Å². The van der Waals surface area contributed by atoms with Gasteiger partial charge in [-0.3, -0.25) is 0 Å². The minimum atomic E-state index is -0.413. The maximum Gasteiger partial charge on any atom is 0.145 e. The van der Waals surface area contributed by atoms with E-state index in [4.69, 9.17) is 10.2 Å². The molecule has 6 nitrogen and oxygen atoms in total. The highest BCUT2D eigenvalue weighted by Crippen LogP contribution is 2.29. The summed E-state index contributed by atoms with van der Waals surface area (Å²) in [7, 11) is 0. The van der Waals surface area contributed by atoms with E-state index < -0.39 is 5.82 Å². The first kappa shape index (κ1) is 18.7. The van der Waals surface area contributed by atoms with E-state index in [-0.39, 0.29) is 22.6 Å². The minimum Gasteiger partial charge on any atom is -0.457 e.